The Bertz CT molecular complexity index is 452. The number of carbonyl (C=O) groups is 1. The highest BCUT2D eigenvalue weighted by molar-refractivity contribution is 5.67. The second-order valence-electron chi connectivity index (χ2n) is 4.58. The Balaban J connectivity index is 1.81. The van der Waals surface area contributed by atoms with Gasteiger partial charge in [0.05, 0.1) is 11.3 Å². The molecule has 0 unspecified atom stereocenters. The summed E-state index contributed by atoms with van der Waals surface area (Å²) in [6.45, 7) is 2.28. The van der Waals surface area contributed by atoms with Crippen LogP contribution in [0.5, 0.6) is 0 Å². The number of non-ortho nitro benzene ring substituents is 1. The lowest BCUT2D eigenvalue weighted by Crippen LogP contribution is -2.46. The van der Waals surface area contributed by atoms with Crippen LogP contribution in [-0.2, 0) is 11.3 Å². The molecular formula is C12H14N2O4. The standard InChI is InChI=1S/C12H14N2O4/c15-12(16)5-10-7-13(8-10)6-9-1-3-11(4-2-9)14(17)18/h1-4,10H,5-8H2,(H,15,16). The molecule has 0 atom stereocenters. The SMILES string of the molecule is O=C(O)CC1CN(Cc2ccc([N+](=O)[O-])cc2)C1. The van der Waals surface area contributed by atoms with E-state index in [1.807, 2.05) is 0 Å². The van der Waals surface area contributed by atoms with E-state index in [1.165, 1.54) is 12.1 Å². The van der Waals surface area contributed by atoms with Gasteiger partial charge in [-0.1, -0.05) is 12.1 Å². The summed E-state index contributed by atoms with van der Waals surface area (Å²) in [4.78, 5) is 22.7. The number of benzene rings is 1. The number of nitro benzene ring substituents is 1. The van der Waals surface area contributed by atoms with Crippen molar-refractivity contribution in [3.63, 3.8) is 0 Å². The number of carboxylic acid groups (broad SMARTS) is 1. The average Bonchev–Trinajstić information content (AvgIpc) is 2.26. The van der Waals surface area contributed by atoms with Crippen LogP contribution in [0.4, 0.5) is 5.69 Å². The van der Waals surface area contributed by atoms with E-state index in [2.05, 4.69) is 4.90 Å². The molecule has 6 nitrogen and oxygen atoms in total. The molecule has 1 aliphatic rings. The molecule has 0 saturated carbocycles. The van der Waals surface area contributed by atoms with Gasteiger partial charge in [0, 0.05) is 31.8 Å². The summed E-state index contributed by atoms with van der Waals surface area (Å²) < 4.78 is 0. The third-order valence-corrected chi connectivity index (χ3v) is 3.05. The number of likely N-dealkylation sites (tertiary alicyclic amines) is 1. The molecule has 0 spiro atoms. The largest absolute Gasteiger partial charge is 0.481 e. The summed E-state index contributed by atoms with van der Waals surface area (Å²) in [6.07, 6.45) is 0.219. The van der Waals surface area contributed by atoms with E-state index in [0.29, 0.717) is 6.54 Å². The zero-order valence-electron chi connectivity index (χ0n) is 9.78. The molecule has 1 N–H and O–H groups in total. The number of nitro groups is 1. The Morgan fingerprint density at radius 3 is 2.50 bits per heavy atom. The average molecular weight is 250 g/mol. The fourth-order valence-corrected chi connectivity index (χ4v) is 2.16. The van der Waals surface area contributed by atoms with Gasteiger partial charge in [0.1, 0.15) is 0 Å². The lowest BCUT2D eigenvalue weighted by molar-refractivity contribution is -0.384. The number of hydrogen-bond acceptors (Lipinski definition) is 4. The van der Waals surface area contributed by atoms with Crippen LogP contribution in [0.15, 0.2) is 24.3 Å². The van der Waals surface area contributed by atoms with Gasteiger partial charge >= 0.3 is 5.97 Å². The maximum Gasteiger partial charge on any atom is 0.303 e. The monoisotopic (exact) mass is 250 g/mol. The molecule has 0 aromatic heterocycles. The second-order valence-corrected chi connectivity index (χ2v) is 4.58. The van der Waals surface area contributed by atoms with Crippen molar-refractivity contribution in [2.75, 3.05) is 13.1 Å². The fraction of sp³-hybridized carbons (Fsp3) is 0.417. The predicted octanol–water partition coefficient (Wildman–Crippen LogP) is 1.50. The Labute approximate surface area is 104 Å². The van der Waals surface area contributed by atoms with Gasteiger partial charge in [-0.05, 0) is 11.5 Å². The van der Waals surface area contributed by atoms with E-state index in [-0.39, 0.29) is 18.0 Å². The van der Waals surface area contributed by atoms with Crippen LogP contribution in [0.2, 0.25) is 0 Å². The smallest absolute Gasteiger partial charge is 0.303 e. The van der Waals surface area contributed by atoms with Gasteiger partial charge in [-0.2, -0.15) is 0 Å². The molecule has 2 rings (SSSR count). The van der Waals surface area contributed by atoms with Crippen LogP contribution in [-0.4, -0.2) is 34.0 Å². The first-order chi connectivity index (χ1) is 8.54. The van der Waals surface area contributed by atoms with E-state index in [1.54, 1.807) is 12.1 Å². The molecule has 1 aliphatic heterocycles. The van der Waals surface area contributed by atoms with Gasteiger partial charge < -0.3 is 5.11 Å². The van der Waals surface area contributed by atoms with Crippen molar-refractivity contribution in [2.24, 2.45) is 5.92 Å². The highest BCUT2D eigenvalue weighted by Crippen LogP contribution is 2.22. The number of nitrogens with zero attached hydrogens (tertiary/aromatic N) is 2. The Morgan fingerprint density at radius 1 is 1.39 bits per heavy atom. The van der Waals surface area contributed by atoms with Crippen LogP contribution in [0.25, 0.3) is 0 Å². The van der Waals surface area contributed by atoms with Crippen LogP contribution >= 0.6 is 0 Å². The quantitative estimate of drug-likeness (QED) is 0.632. The zero-order chi connectivity index (χ0) is 13.1. The highest BCUT2D eigenvalue weighted by Gasteiger charge is 2.28. The van der Waals surface area contributed by atoms with Gasteiger partial charge in [-0.3, -0.25) is 19.8 Å². The first-order valence-electron chi connectivity index (χ1n) is 5.72. The van der Waals surface area contributed by atoms with Crippen molar-refractivity contribution in [3.05, 3.63) is 39.9 Å². The van der Waals surface area contributed by atoms with Crippen molar-refractivity contribution in [1.29, 1.82) is 0 Å². The molecule has 1 aromatic carbocycles. The minimum absolute atomic E-state index is 0.0890. The van der Waals surface area contributed by atoms with Crippen molar-refractivity contribution < 1.29 is 14.8 Å². The second kappa shape index (κ2) is 5.14. The number of aliphatic carboxylic acids is 1. The molecule has 1 aromatic rings. The van der Waals surface area contributed by atoms with Crippen molar-refractivity contribution in [2.45, 2.75) is 13.0 Å². The van der Waals surface area contributed by atoms with Gasteiger partial charge in [0.25, 0.3) is 5.69 Å². The lowest BCUT2D eigenvalue weighted by atomic mass is 9.96. The van der Waals surface area contributed by atoms with Crippen LogP contribution < -0.4 is 0 Å². The van der Waals surface area contributed by atoms with Crippen LogP contribution in [0.3, 0.4) is 0 Å². The van der Waals surface area contributed by atoms with Crippen molar-refractivity contribution in [1.82, 2.24) is 4.90 Å². The fourth-order valence-electron chi connectivity index (χ4n) is 2.16. The molecular weight excluding hydrogens is 236 g/mol. The molecule has 0 aliphatic carbocycles. The molecule has 1 saturated heterocycles. The molecule has 1 fully saturated rings. The minimum Gasteiger partial charge on any atom is -0.481 e. The first-order valence-corrected chi connectivity index (χ1v) is 5.72. The summed E-state index contributed by atoms with van der Waals surface area (Å²) in [6, 6.07) is 6.46. The number of carboxylic acids is 1. The van der Waals surface area contributed by atoms with E-state index < -0.39 is 10.9 Å². The van der Waals surface area contributed by atoms with Crippen molar-refractivity contribution >= 4 is 11.7 Å². The van der Waals surface area contributed by atoms with Gasteiger partial charge in [-0.25, -0.2) is 0 Å². The summed E-state index contributed by atoms with van der Waals surface area (Å²) in [5, 5.41) is 19.1. The Hall–Kier alpha value is -1.95. The lowest BCUT2D eigenvalue weighted by Gasteiger charge is -2.38. The van der Waals surface area contributed by atoms with Gasteiger partial charge in [0.15, 0.2) is 0 Å². The van der Waals surface area contributed by atoms with Crippen LogP contribution in [0, 0.1) is 16.0 Å². The molecule has 1 heterocycles. The molecule has 0 bridgehead atoms. The minimum atomic E-state index is -0.755. The Kier molecular flexibility index (Phi) is 3.57. The molecule has 0 amide bonds. The maximum atomic E-state index is 10.5. The Morgan fingerprint density at radius 2 is 2.00 bits per heavy atom. The van der Waals surface area contributed by atoms with E-state index in [4.69, 9.17) is 5.11 Å². The first kappa shape index (κ1) is 12.5. The van der Waals surface area contributed by atoms with E-state index >= 15 is 0 Å². The van der Waals surface area contributed by atoms with Gasteiger partial charge in [0.2, 0.25) is 0 Å². The topological polar surface area (TPSA) is 83.7 Å². The maximum absolute atomic E-state index is 10.5. The molecule has 96 valence electrons. The van der Waals surface area contributed by atoms with Gasteiger partial charge in [-0.15, -0.1) is 0 Å². The van der Waals surface area contributed by atoms with Crippen LogP contribution in [0.1, 0.15) is 12.0 Å². The van der Waals surface area contributed by atoms with E-state index in [9.17, 15) is 14.9 Å². The highest BCUT2D eigenvalue weighted by atomic mass is 16.6. The molecule has 0 radical (unpaired) electrons. The van der Waals surface area contributed by atoms with Crippen molar-refractivity contribution in [3.8, 4) is 0 Å². The zero-order valence-corrected chi connectivity index (χ0v) is 9.78. The number of rotatable bonds is 5. The number of hydrogen-bond donors (Lipinski definition) is 1. The summed E-state index contributed by atoms with van der Waals surface area (Å²) >= 11 is 0. The summed E-state index contributed by atoms with van der Waals surface area (Å²) in [7, 11) is 0. The normalized spacial score (nSPS) is 16.2. The molecule has 18 heavy (non-hydrogen) atoms. The predicted molar refractivity (Wildman–Crippen MR) is 64.1 cm³/mol. The summed E-state index contributed by atoms with van der Waals surface area (Å²) in [5.41, 5.74) is 1.10. The third-order valence-electron chi connectivity index (χ3n) is 3.05. The molecule has 6 heteroatoms. The van der Waals surface area contributed by atoms with E-state index in [0.717, 1.165) is 18.7 Å². The summed E-state index contributed by atoms with van der Waals surface area (Å²) in [5.74, 6) is -0.518. The third kappa shape index (κ3) is 3.04.